The summed E-state index contributed by atoms with van der Waals surface area (Å²) in [4.78, 5) is 0. The average molecular weight is 458 g/mol. The standard InChI is InChI=1S/C24H10Br2/c25-17-9-13-3-4-14-10-18(26)16-8-6-12-2-1-11-5-7-15(17)23-19(11)20(12)24(16)22(14)21(13)23/h1-10H. The number of rotatable bonds is 0. The third-order valence-electron chi connectivity index (χ3n) is 6.02. The highest BCUT2D eigenvalue weighted by Gasteiger charge is 2.21. The van der Waals surface area contributed by atoms with E-state index in [4.69, 9.17) is 0 Å². The summed E-state index contributed by atoms with van der Waals surface area (Å²) in [6.07, 6.45) is 0. The molecule has 0 saturated heterocycles. The average Bonchev–Trinajstić information content (AvgIpc) is 2.66. The molecule has 0 N–H and O–H groups in total. The molecule has 0 saturated carbocycles. The molecule has 26 heavy (non-hydrogen) atoms. The topological polar surface area (TPSA) is 0 Å². The second-order valence-corrected chi connectivity index (χ2v) is 8.93. The van der Waals surface area contributed by atoms with Crippen LogP contribution in [0.2, 0.25) is 0 Å². The summed E-state index contributed by atoms with van der Waals surface area (Å²) in [6.45, 7) is 0. The van der Waals surface area contributed by atoms with Crippen LogP contribution in [0, 0.1) is 0 Å². The van der Waals surface area contributed by atoms with E-state index in [9.17, 15) is 0 Å². The molecule has 2 heteroatoms. The summed E-state index contributed by atoms with van der Waals surface area (Å²) in [7, 11) is 0. The minimum absolute atomic E-state index is 1.17. The smallest absolute Gasteiger partial charge is 0.0260 e. The molecule has 0 amide bonds. The van der Waals surface area contributed by atoms with E-state index in [0.29, 0.717) is 0 Å². The monoisotopic (exact) mass is 456 g/mol. The molecule has 7 rings (SSSR count). The van der Waals surface area contributed by atoms with Crippen molar-refractivity contribution in [3.63, 3.8) is 0 Å². The summed E-state index contributed by atoms with van der Waals surface area (Å²) < 4.78 is 2.34. The second-order valence-electron chi connectivity index (χ2n) is 7.22. The summed E-state index contributed by atoms with van der Waals surface area (Å²) in [5.74, 6) is 0. The van der Waals surface area contributed by atoms with Crippen LogP contribution >= 0.6 is 31.9 Å². The van der Waals surface area contributed by atoms with Gasteiger partial charge in [-0.15, -0.1) is 0 Å². The maximum atomic E-state index is 3.82. The van der Waals surface area contributed by atoms with Crippen LogP contribution in [0.15, 0.2) is 69.6 Å². The van der Waals surface area contributed by atoms with Crippen LogP contribution in [0.4, 0.5) is 0 Å². The van der Waals surface area contributed by atoms with Crippen molar-refractivity contribution in [3.05, 3.63) is 69.6 Å². The van der Waals surface area contributed by atoms with Crippen molar-refractivity contribution in [2.24, 2.45) is 0 Å². The number of halogens is 2. The summed E-state index contributed by atoms with van der Waals surface area (Å²) in [5.41, 5.74) is 0. The van der Waals surface area contributed by atoms with Crippen molar-refractivity contribution in [2.45, 2.75) is 0 Å². The molecule has 0 radical (unpaired) electrons. The molecule has 7 aromatic rings. The Morgan fingerprint density at radius 3 is 1.19 bits per heavy atom. The lowest BCUT2D eigenvalue weighted by atomic mass is 9.83. The molecular formula is C24H10Br2. The quantitative estimate of drug-likeness (QED) is 0.158. The van der Waals surface area contributed by atoms with Crippen molar-refractivity contribution < 1.29 is 0 Å². The Labute approximate surface area is 165 Å². The minimum Gasteiger partial charge on any atom is -0.0537 e. The van der Waals surface area contributed by atoms with E-state index < -0.39 is 0 Å². The van der Waals surface area contributed by atoms with Crippen molar-refractivity contribution in [1.29, 1.82) is 0 Å². The lowest BCUT2D eigenvalue weighted by molar-refractivity contribution is 1.76. The first-order chi connectivity index (χ1) is 12.7. The Hall–Kier alpha value is -2.16. The summed E-state index contributed by atoms with van der Waals surface area (Å²) in [6, 6.07) is 22.6. The van der Waals surface area contributed by atoms with Gasteiger partial charge in [0.2, 0.25) is 0 Å². The van der Waals surface area contributed by atoms with Gasteiger partial charge < -0.3 is 0 Å². The van der Waals surface area contributed by atoms with E-state index in [1.165, 1.54) is 73.6 Å². The van der Waals surface area contributed by atoms with Gasteiger partial charge in [-0.25, -0.2) is 0 Å². The second kappa shape index (κ2) is 4.39. The van der Waals surface area contributed by atoms with E-state index in [1.54, 1.807) is 0 Å². The van der Waals surface area contributed by atoms with Crippen LogP contribution in [-0.2, 0) is 0 Å². The van der Waals surface area contributed by atoms with Gasteiger partial charge in [0.15, 0.2) is 0 Å². The van der Waals surface area contributed by atoms with Crippen molar-refractivity contribution >= 4 is 96.5 Å². The van der Waals surface area contributed by atoms with Crippen LogP contribution in [0.3, 0.4) is 0 Å². The van der Waals surface area contributed by atoms with Gasteiger partial charge in [-0.2, -0.15) is 0 Å². The van der Waals surface area contributed by atoms with Gasteiger partial charge in [0.05, 0.1) is 0 Å². The van der Waals surface area contributed by atoms with Crippen molar-refractivity contribution in [1.82, 2.24) is 0 Å². The largest absolute Gasteiger partial charge is 0.0537 e. The first kappa shape index (κ1) is 14.0. The maximum absolute atomic E-state index is 3.82. The first-order valence-corrected chi connectivity index (χ1v) is 10.3. The molecule has 0 heterocycles. The fourth-order valence-corrected chi connectivity index (χ4v) is 6.15. The van der Waals surface area contributed by atoms with Gasteiger partial charge in [0.25, 0.3) is 0 Å². The maximum Gasteiger partial charge on any atom is 0.0260 e. The van der Waals surface area contributed by atoms with E-state index in [1.807, 2.05) is 0 Å². The molecule has 0 spiro atoms. The van der Waals surface area contributed by atoms with Gasteiger partial charge in [-0.1, -0.05) is 80.4 Å². The Kier molecular flexibility index (Phi) is 2.36. The molecule has 0 unspecified atom stereocenters. The van der Waals surface area contributed by atoms with E-state index in [-0.39, 0.29) is 0 Å². The van der Waals surface area contributed by atoms with Gasteiger partial charge in [0.1, 0.15) is 0 Å². The fraction of sp³-hybridized carbons (Fsp3) is 0. The molecule has 120 valence electrons. The summed E-state index contributed by atoms with van der Waals surface area (Å²) >= 11 is 7.64. The number of hydrogen-bond donors (Lipinski definition) is 0. The molecule has 0 atom stereocenters. The Morgan fingerprint density at radius 2 is 0.731 bits per heavy atom. The van der Waals surface area contributed by atoms with Gasteiger partial charge >= 0.3 is 0 Å². The zero-order valence-electron chi connectivity index (χ0n) is 13.5. The Bertz CT molecular complexity index is 1500. The van der Waals surface area contributed by atoms with Crippen LogP contribution < -0.4 is 0 Å². The highest BCUT2D eigenvalue weighted by molar-refractivity contribution is 9.11. The summed E-state index contributed by atoms with van der Waals surface area (Å²) in [5, 5.41) is 16.2. The first-order valence-electron chi connectivity index (χ1n) is 8.68. The molecule has 7 aromatic carbocycles. The van der Waals surface area contributed by atoms with E-state index in [2.05, 4.69) is 92.5 Å². The van der Waals surface area contributed by atoms with E-state index in [0.717, 1.165) is 0 Å². The van der Waals surface area contributed by atoms with Gasteiger partial charge in [-0.3, -0.25) is 0 Å². The number of hydrogen-bond acceptors (Lipinski definition) is 0. The van der Waals surface area contributed by atoms with Gasteiger partial charge in [0, 0.05) is 8.95 Å². The molecule has 0 nitrogen and oxygen atoms in total. The Balaban J connectivity index is 2.09. The molecule has 0 aliphatic carbocycles. The molecule has 0 bridgehead atoms. The lowest BCUT2D eigenvalue weighted by Crippen LogP contribution is -1.93. The van der Waals surface area contributed by atoms with Gasteiger partial charge in [-0.05, 0) is 76.8 Å². The van der Waals surface area contributed by atoms with Crippen molar-refractivity contribution in [2.75, 3.05) is 0 Å². The minimum atomic E-state index is 1.17. The van der Waals surface area contributed by atoms with Crippen molar-refractivity contribution in [3.8, 4) is 0 Å². The zero-order valence-corrected chi connectivity index (χ0v) is 16.7. The molecule has 0 fully saturated rings. The van der Waals surface area contributed by atoms with E-state index >= 15 is 0 Å². The lowest BCUT2D eigenvalue weighted by Gasteiger charge is -2.21. The molecule has 0 aliphatic heterocycles. The molecule has 0 aliphatic rings. The predicted molar refractivity (Wildman–Crippen MR) is 120 cm³/mol. The predicted octanol–water partition coefficient (Wildman–Crippen LogP) is 8.44. The highest BCUT2D eigenvalue weighted by Crippen LogP contribution is 2.50. The molecule has 0 aromatic heterocycles. The van der Waals surface area contributed by atoms with Crippen LogP contribution in [0.5, 0.6) is 0 Å². The zero-order chi connectivity index (χ0) is 17.2. The third-order valence-corrected chi connectivity index (χ3v) is 7.33. The van der Waals surface area contributed by atoms with Crippen LogP contribution in [0.1, 0.15) is 0 Å². The SMILES string of the molecule is Brc1cc2ccc3cc(Br)c4ccc5ccc6ccc1c1c6c5c4c3c21. The number of benzene rings is 7. The van der Waals surface area contributed by atoms with Crippen LogP contribution in [0.25, 0.3) is 64.6 Å². The highest BCUT2D eigenvalue weighted by atomic mass is 79.9. The normalized spacial score (nSPS) is 13.0. The third kappa shape index (κ3) is 1.42. The van der Waals surface area contributed by atoms with Crippen LogP contribution in [-0.4, -0.2) is 0 Å². The Morgan fingerprint density at radius 1 is 0.385 bits per heavy atom. The fourth-order valence-electron chi connectivity index (χ4n) is 4.99. The molecular weight excluding hydrogens is 448 g/mol.